The van der Waals surface area contributed by atoms with Crippen LogP contribution in [0.15, 0.2) is 52.9 Å². The largest absolute Gasteiger partial charge is 0.349 e. The lowest BCUT2D eigenvalue weighted by Crippen LogP contribution is -2.33. The summed E-state index contributed by atoms with van der Waals surface area (Å²) >= 11 is 2.76. The van der Waals surface area contributed by atoms with Crippen LogP contribution in [0.5, 0.6) is 0 Å². The van der Waals surface area contributed by atoms with Crippen molar-refractivity contribution in [3.05, 3.63) is 65.5 Å². The maximum Gasteiger partial charge on any atom is 0.233 e. The molecule has 8 heteroatoms. The predicted octanol–water partition coefficient (Wildman–Crippen LogP) is 5.09. The van der Waals surface area contributed by atoms with Crippen LogP contribution in [0.3, 0.4) is 0 Å². The van der Waals surface area contributed by atoms with Crippen molar-refractivity contribution in [2.24, 2.45) is 0 Å². The number of hydrogen-bond acceptors (Lipinski definition) is 6. The summed E-state index contributed by atoms with van der Waals surface area (Å²) < 4.78 is 13.7. The van der Waals surface area contributed by atoms with Gasteiger partial charge < -0.3 is 10.6 Å². The first-order valence-electron chi connectivity index (χ1n) is 8.80. The van der Waals surface area contributed by atoms with Gasteiger partial charge in [-0.2, -0.15) is 0 Å². The van der Waals surface area contributed by atoms with Gasteiger partial charge in [-0.25, -0.2) is 4.39 Å². The number of thioether (sulfide) groups is 1. The molecular formula is C20H21FN4OS2. The van der Waals surface area contributed by atoms with E-state index in [1.165, 1.54) is 40.8 Å². The van der Waals surface area contributed by atoms with Gasteiger partial charge in [0.05, 0.1) is 11.3 Å². The molecule has 0 aliphatic rings. The number of benzene rings is 2. The summed E-state index contributed by atoms with van der Waals surface area (Å²) in [7, 11) is 0. The Bertz CT molecular complexity index is 928. The van der Waals surface area contributed by atoms with Crippen LogP contribution in [-0.2, 0) is 4.79 Å². The van der Waals surface area contributed by atoms with Gasteiger partial charge in [0.2, 0.25) is 11.0 Å². The average molecular weight is 417 g/mol. The van der Waals surface area contributed by atoms with E-state index in [1.54, 1.807) is 12.1 Å². The number of amides is 1. The van der Waals surface area contributed by atoms with E-state index >= 15 is 0 Å². The number of anilines is 2. The third kappa shape index (κ3) is 5.53. The van der Waals surface area contributed by atoms with Crippen molar-refractivity contribution in [2.75, 3.05) is 5.32 Å². The summed E-state index contributed by atoms with van der Waals surface area (Å²) in [5.74, 6) is -0.400. The van der Waals surface area contributed by atoms with Crippen LogP contribution in [0, 0.1) is 12.7 Å². The Kier molecular flexibility index (Phi) is 6.64. The third-order valence-electron chi connectivity index (χ3n) is 4.08. The smallest absolute Gasteiger partial charge is 0.233 e. The van der Waals surface area contributed by atoms with Crippen molar-refractivity contribution in [1.29, 1.82) is 0 Å². The van der Waals surface area contributed by atoms with E-state index in [4.69, 9.17) is 0 Å². The summed E-state index contributed by atoms with van der Waals surface area (Å²) in [6.45, 7) is 5.73. The van der Waals surface area contributed by atoms with Gasteiger partial charge in [-0.3, -0.25) is 4.79 Å². The zero-order valence-electron chi connectivity index (χ0n) is 15.8. The maximum atomic E-state index is 13.0. The summed E-state index contributed by atoms with van der Waals surface area (Å²) in [6, 6.07) is 13.9. The number of aryl methyl sites for hydroxylation is 1. The molecule has 0 saturated heterocycles. The van der Waals surface area contributed by atoms with Crippen LogP contribution in [0.1, 0.15) is 31.0 Å². The molecule has 5 nitrogen and oxygen atoms in total. The topological polar surface area (TPSA) is 66.9 Å². The van der Waals surface area contributed by atoms with Gasteiger partial charge >= 0.3 is 0 Å². The van der Waals surface area contributed by atoms with Crippen LogP contribution in [-0.4, -0.2) is 21.4 Å². The minimum absolute atomic E-state index is 0.106. The highest BCUT2D eigenvalue weighted by Crippen LogP contribution is 2.30. The zero-order valence-corrected chi connectivity index (χ0v) is 17.4. The average Bonchev–Trinajstić information content (AvgIpc) is 3.10. The number of carbonyl (C=O) groups is 1. The van der Waals surface area contributed by atoms with E-state index in [1.807, 2.05) is 45.0 Å². The molecule has 0 aliphatic carbocycles. The Labute approximate surface area is 171 Å². The molecule has 1 heterocycles. The molecule has 0 bridgehead atoms. The molecule has 0 saturated carbocycles. The Morgan fingerprint density at radius 3 is 2.43 bits per heavy atom. The van der Waals surface area contributed by atoms with Crippen LogP contribution in [0.2, 0.25) is 0 Å². The molecule has 0 radical (unpaired) electrons. The highest BCUT2D eigenvalue weighted by Gasteiger charge is 2.19. The standard InChI is InChI=1S/C20H21FN4OS2/c1-12-4-10-17(11-5-12)23-19-24-25-20(28-19)27-14(3)18(26)22-13(2)15-6-8-16(21)9-7-15/h4-11,13-14H,1-3H3,(H,22,26)(H,23,24)/t13-,14+/m1/s1. The molecule has 1 aromatic heterocycles. The van der Waals surface area contributed by atoms with Crippen molar-refractivity contribution in [3.63, 3.8) is 0 Å². The number of rotatable bonds is 7. The quantitative estimate of drug-likeness (QED) is 0.525. The van der Waals surface area contributed by atoms with E-state index in [2.05, 4.69) is 20.8 Å². The molecule has 2 atom stereocenters. The molecule has 0 aliphatic heterocycles. The van der Waals surface area contributed by atoms with Gasteiger partial charge in [0, 0.05) is 5.69 Å². The first kappa shape index (κ1) is 20.3. The molecule has 0 fully saturated rings. The van der Waals surface area contributed by atoms with Gasteiger partial charge in [0.25, 0.3) is 0 Å². The second-order valence-electron chi connectivity index (χ2n) is 6.41. The number of aromatic nitrogens is 2. The monoisotopic (exact) mass is 416 g/mol. The summed E-state index contributed by atoms with van der Waals surface area (Å²) in [6.07, 6.45) is 0. The van der Waals surface area contributed by atoms with E-state index in [9.17, 15) is 9.18 Å². The molecule has 3 rings (SSSR count). The third-order valence-corrected chi connectivity index (χ3v) is 6.11. The molecule has 2 aromatic carbocycles. The van der Waals surface area contributed by atoms with Crippen molar-refractivity contribution in [3.8, 4) is 0 Å². The lowest BCUT2D eigenvalue weighted by Gasteiger charge is -2.17. The van der Waals surface area contributed by atoms with Crippen LogP contribution in [0.25, 0.3) is 0 Å². The molecule has 1 amide bonds. The van der Waals surface area contributed by atoms with E-state index in [0.717, 1.165) is 11.3 Å². The molecule has 146 valence electrons. The van der Waals surface area contributed by atoms with Gasteiger partial charge in [0.1, 0.15) is 5.82 Å². The van der Waals surface area contributed by atoms with E-state index in [-0.39, 0.29) is 23.0 Å². The number of nitrogens with zero attached hydrogens (tertiary/aromatic N) is 2. The predicted molar refractivity (Wildman–Crippen MR) is 113 cm³/mol. The lowest BCUT2D eigenvalue weighted by molar-refractivity contribution is -0.120. The Morgan fingerprint density at radius 2 is 1.75 bits per heavy atom. The van der Waals surface area contributed by atoms with Crippen LogP contribution >= 0.6 is 23.1 Å². The maximum absolute atomic E-state index is 13.0. The van der Waals surface area contributed by atoms with Gasteiger partial charge in [-0.1, -0.05) is 52.9 Å². The molecule has 0 unspecified atom stereocenters. The zero-order chi connectivity index (χ0) is 20.1. The van der Waals surface area contributed by atoms with Crippen LogP contribution < -0.4 is 10.6 Å². The first-order chi connectivity index (χ1) is 13.4. The van der Waals surface area contributed by atoms with Gasteiger partial charge in [0.15, 0.2) is 4.34 Å². The molecule has 3 aromatic rings. The van der Waals surface area contributed by atoms with E-state index in [0.29, 0.717) is 9.47 Å². The molecule has 2 N–H and O–H groups in total. The molecular weight excluding hydrogens is 395 g/mol. The summed E-state index contributed by atoms with van der Waals surface area (Å²) in [5, 5.41) is 14.8. The second-order valence-corrected chi connectivity index (χ2v) is 8.97. The lowest BCUT2D eigenvalue weighted by atomic mass is 10.1. The van der Waals surface area contributed by atoms with Crippen molar-refractivity contribution in [1.82, 2.24) is 15.5 Å². The fourth-order valence-corrected chi connectivity index (χ4v) is 4.36. The van der Waals surface area contributed by atoms with Crippen LogP contribution in [0.4, 0.5) is 15.2 Å². The molecule has 28 heavy (non-hydrogen) atoms. The molecule has 0 spiro atoms. The van der Waals surface area contributed by atoms with Gasteiger partial charge in [-0.05, 0) is 50.6 Å². The highest BCUT2D eigenvalue weighted by atomic mass is 32.2. The summed E-state index contributed by atoms with van der Waals surface area (Å²) in [5.41, 5.74) is 2.98. The number of hydrogen-bond donors (Lipinski definition) is 2. The Hall–Kier alpha value is -2.45. The summed E-state index contributed by atoms with van der Waals surface area (Å²) in [4.78, 5) is 12.5. The fraction of sp³-hybridized carbons (Fsp3) is 0.250. The SMILES string of the molecule is Cc1ccc(Nc2nnc(S[C@@H](C)C(=O)N[C@H](C)c3ccc(F)cc3)s2)cc1. The Morgan fingerprint density at radius 1 is 1.07 bits per heavy atom. The fourth-order valence-electron chi connectivity index (χ4n) is 2.44. The normalized spacial score (nSPS) is 13.0. The van der Waals surface area contributed by atoms with E-state index < -0.39 is 0 Å². The highest BCUT2D eigenvalue weighted by molar-refractivity contribution is 8.02. The number of carbonyl (C=O) groups excluding carboxylic acids is 1. The van der Waals surface area contributed by atoms with Crippen molar-refractivity contribution in [2.45, 2.75) is 36.4 Å². The van der Waals surface area contributed by atoms with Gasteiger partial charge in [-0.15, -0.1) is 10.2 Å². The van der Waals surface area contributed by atoms with Crippen molar-refractivity contribution < 1.29 is 9.18 Å². The number of halogens is 1. The number of nitrogens with one attached hydrogen (secondary N) is 2. The minimum atomic E-state index is -0.330. The second kappa shape index (κ2) is 9.16. The first-order valence-corrected chi connectivity index (χ1v) is 10.5. The minimum Gasteiger partial charge on any atom is -0.349 e. The van der Waals surface area contributed by atoms with Crippen molar-refractivity contribution >= 4 is 39.8 Å². The Balaban J connectivity index is 1.54.